The third-order valence-electron chi connectivity index (χ3n) is 6.15. The second-order valence-electron chi connectivity index (χ2n) is 8.13. The van der Waals surface area contributed by atoms with Crippen molar-refractivity contribution in [2.24, 2.45) is 0 Å². The lowest BCUT2D eigenvalue weighted by Crippen LogP contribution is -2.24. The van der Waals surface area contributed by atoms with Crippen molar-refractivity contribution in [3.05, 3.63) is 83.8 Å². The molecule has 0 spiro atoms. The van der Waals surface area contributed by atoms with E-state index in [2.05, 4.69) is 0 Å². The molecule has 2 atom stereocenters. The van der Waals surface area contributed by atoms with Crippen LogP contribution < -0.4 is 0 Å². The Morgan fingerprint density at radius 1 is 1.03 bits per heavy atom. The standard InChI is InChI=1S/C27H26FNO5/c1-16(34-3)21(15-33-2)26-24(17-7-9-18(10-8-17)27(31)32)25-22(5-4-6-23(25)30)29(26)20-13-11-19(28)12-14-20/h4-14,16,21,30H,15H2,1-3H3,(H,31,32). The zero-order chi connectivity index (χ0) is 24.4. The number of methoxy groups -OCH3 is 2. The summed E-state index contributed by atoms with van der Waals surface area (Å²) in [5.41, 5.74) is 3.88. The molecule has 0 saturated heterocycles. The minimum absolute atomic E-state index is 0.0816. The molecule has 0 fully saturated rings. The number of phenols is 1. The molecule has 176 valence electrons. The van der Waals surface area contributed by atoms with E-state index >= 15 is 0 Å². The van der Waals surface area contributed by atoms with Gasteiger partial charge in [-0.05, 0) is 61.0 Å². The Labute approximate surface area is 196 Å². The van der Waals surface area contributed by atoms with Crippen LogP contribution in [0.25, 0.3) is 27.7 Å². The van der Waals surface area contributed by atoms with Crippen molar-refractivity contribution in [2.45, 2.75) is 18.9 Å². The van der Waals surface area contributed by atoms with Gasteiger partial charge in [-0.3, -0.25) is 0 Å². The minimum atomic E-state index is -1.02. The van der Waals surface area contributed by atoms with E-state index in [-0.39, 0.29) is 29.2 Å². The first-order valence-electron chi connectivity index (χ1n) is 10.8. The van der Waals surface area contributed by atoms with Crippen molar-refractivity contribution in [3.8, 4) is 22.6 Å². The molecule has 0 bridgehead atoms. The van der Waals surface area contributed by atoms with Crippen LogP contribution in [0.15, 0.2) is 66.7 Å². The van der Waals surface area contributed by atoms with Gasteiger partial charge in [0.15, 0.2) is 0 Å². The predicted molar refractivity (Wildman–Crippen MR) is 128 cm³/mol. The van der Waals surface area contributed by atoms with Gasteiger partial charge in [0.1, 0.15) is 11.6 Å². The Morgan fingerprint density at radius 3 is 2.29 bits per heavy atom. The molecule has 4 rings (SSSR count). The number of hydrogen-bond donors (Lipinski definition) is 2. The van der Waals surface area contributed by atoms with Gasteiger partial charge in [-0.2, -0.15) is 0 Å². The molecule has 1 aromatic heterocycles. The molecule has 3 aromatic carbocycles. The van der Waals surface area contributed by atoms with E-state index in [9.17, 15) is 19.4 Å². The van der Waals surface area contributed by atoms with Crippen LogP contribution in [0.5, 0.6) is 5.75 Å². The third-order valence-corrected chi connectivity index (χ3v) is 6.15. The number of phenolic OH excluding ortho intramolecular Hbond substituents is 1. The molecule has 2 N–H and O–H groups in total. The largest absolute Gasteiger partial charge is 0.507 e. The molecule has 0 radical (unpaired) electrons. The van der Waals surface area contributed by atoms with E-state index in [0.717, 1.165) is 22.3 Å². The maximum absolute atomic E-state index is 13.8. The average molecular weight is 464 g/mol. The van der Waals surface area contributed by atoms with Crippen LogP contribution in [0, 0.1) is 5.82 Å². The fourth-order valence-electron chi connectivity index (χ4n) is 4.41. The Hall–Kier alpha value is -3.68. The first-order valence-corrected chi connectivity index (χ1v) is 10.8. The molecule has 7 heteroatoms. The van der Waals surface area contributed by atoms with Gasteiger partial charge in [0.05, 0.1) is 23.8 Å². The van der Waals surface area contributed by atoms with Gasteiger partial charge in [0.2, 0.25) is 0 Å². The van der Waals surface area contributed by atoms with Gasteiger partial charge >= 0.3 is 5.97 Å². The lowest BCUT2D eigenvalue weighted by atomic mass is 9.91. The maximum Gasteiger partial charge on any atom is 0.335 e. The number of carboxylic acid groups (broad SMARTS) is 1. The van der Waals surface area contributed by atoms with Gasteiger partial charge < -0.3 is 24.3 Å². The third kappa shape index (κ3) is 4.16. The van der Waals surface area contributed by atoms with Crippen molar-refractivity contribution < 1.29 is 28.9 Å². The van der Waals surface area contributed by atoms with E-state index in [0.29, 0.717) is 17.7 Å². The molecule has 34 heavy (non-hydrogen) atoms. The Balaban J connectivity index is 2.14. The monoisotopic (exact) mass is 463 g/mol. The lowest BCUT2D eigenvalue weighted by Gasteiger charge is -2.26. The van der Waals surface area contributed by atoms with Crippen LogP contribution in [0.4, 0.5) is 4.39 Å². The summed E-state index contributed by atoms with van der Waals surface area (Å²) < 4.78 is 27.0. The molecule has 2 unspecified atom stereocenters. The first kappa shape index (κ1) is 23.5. The van der Waals surface area contributed by atoms with Crippen molar-refractivity contribution in [1.29, 1.82) is 0 Å². The van der Waals surface area contributed by atoms with Crippen LogP contribution in [0.2, 0.25) is 0 Å². The Bertz CT molecular complexity index is 1310. The average Bonchev–Trinajstić information content (AvgIpc) is 3.18. The number of carboxylic acids is 1. The highest BCUT2D eigenvalue weighted by atomic mass is 19.1. The number of aromatic nitrogens is 1. The van der Waals surface area contributed by atoms with Gasteiger partial charge in [-0.25, -0.2) is 9.18 Å². The number of rotatable bonds is 8. The fourth-order valence-corrected chi connectivity index (χ4v) is 4.41. The van der Waals surface area contributed by atoms with E-state index < -0.39 is 5.97 Å². The minimum Gasteiger partial charge on any atom is -0.507 e. The lowest BCUT2D eigenvalue weighted by molar-refractivity contribution is 0.0559. The summed E-state index contributed by atoms with van der Waals surface area (Å²) in [4.78, 5) is 11.4. The number of benzene rings is 3. The number of nitrogens with zero attached hydrogens (tertiary/aromatic N) is 1. The SMILES string of the molecule is COCC(c1c(-c2ccc(C(=O)O)cc2)c2c(O)cccc2n1-c1ccc(F)cc1)C(C)OC. The van der Waals surface area contributed by atoms with Crippen LogP contribution >= 0.6 is 0 Å². The van der Waals surface area contributed by atoms with Gasteiger partial charge in [-0.15, -0.1) is 0 Å². The van der Waals surface area contributed by atoms with Crippen molar-refractivity contribution in [2.75, 3.05) is 20.8 Å². The van der Waals surface area contributed by atoms with E-state index in [1.54, 1.807) is 50.6 Å². The van der Waals surface area contributed by atoms with Crippen molar-refractivity contribution in [1.82, 2.24) is 4.57 Å². The zero-order valence-electron chi connectivity index (χ0n) is 19.2. The number of fused-ring (bicyclic) bond motifs is 1. The maximum atomic E-state index is 13.8. The fraction of sp³-hybridized carbons (Fsp3) is 0.222. The predicted octanol–water partition coefficient (Wildman–Crippen LogP) is 5.61. The molecule has 6 nitrogen and oxygen atoms in total. The number of carbonyl (C=O) groups is 1. The molecule has 0 aliphatic carbocycles. The highest BCUT2D eigenvalue weighted by Crippen LogP contribution is 2.45. The van der Waals surface area contributed by atoms with Crippen LogP contribution in [-0.2, 0) is 9.47 Å². The topological polar surface area (TPSA) is 80.9 Å². The molecule has 4 aromatic rings. The summed E-state index contributed by atoms with van der Waals surface area (Å²) in [7, 11) is 3.23. The summed E-state index contributed by atoms with van der Waals surface area (Å²) in [5, 5.41) is 20.9. The normalized spacial score (nSPS) is 13.2. The number of aromatic hydroxyl groups is 1. The summed E-state index contributed by atoms with van der Waals surface area (Å²) in [6.45, 7) is 2.26. The zero-order valence-corrected chi connectivity index (χ0v) is 19.2. The van der Waals surface area contributed by atoms with Crippen LogP contribution in [0.3, 0.4) is 0 Å². The molecule has 0 aliphatic heterocycles. The summed E-state index contributed by atoms with van der Waals surface area (Å²) in [5.74, 6) is -1.56. The quantitative estimate of drug-likeness (QED) is 0.355. The van der Waals surface area contributed by atoms with Gasteiger partial charge in [0.25, 0.3) is 0 Å². The number of hydrogen-bond acceptors (Lipinski definition) is 4. The summed E-state index contributed by atoms with van der Waals surface area (Å²) >= 11 is 0. The van der Waals surface area contributed by atoms with Crippen molar-refractivity contribution >= 4 is 16.9 Å². The number of ether oxygens (including phenoxy) is 2. The Morgan fingerprint density at radius 2 is 1.71 bits per heavy atom. The summed E-state index contributed by atoms with van der Waals surface area (Å²) in [6, 6.07) is 17.9. The number of halogens is 1. The molecular formula is C27H26FNO5. The summed E-state index contributed by atoms with van der Waals surface area (Å²) in [6.07, 6.45) is -0.261. The Kier molecular flexibility index (Phi) is 6.68. The van der Waals surface area contributed by atoms with Gasteiger partial charge in [-0.1, -0.05) is 18.2 Å². The molecular weight excluding hydrogens is 437 g/mol. The van der Waals surface area contributed by atoms with E-state index in [1.165, 1.54) is 24.3 Å². The molecule has 0 saturated carbocycles. The van der Waals surface area contributed by atoms with Gasteiger partial charge in [0, 0.05) is 42.5 Å². The second kappa shape index (κ2) is 9.67. The molecule has 1 heterocycles. The van der Waals surface area contributed by atoms with Crippen LogP contribution in [0.1, 0.15) is 28.9 Å². The molecule has 0 aliphatic rings. The highest BCUT2D eigenvalue weighted by molar-refractivity contribution is 6.03. The number of aromatic carboxylic acids is 1. The van der Waals surface area contributed by atoms with Crippen LogP contribution in [-0.4, -0.2) is 47.7 Å². The first-order chi connectivity index (χ1) is 16.4. The second-order valence-corrected chi connectivity index (χ2v) is 8.13. The van der Waals surface area contributed by atoms with E-state index in [1.807, 2.05) is 17.6 Å². The highest BCUT2D eigenvalue weighted by Gasteiger charge is 2.31. The van der Waals surface area contributed by atoms with Crippen molar-refractivity contribution in [3.63, 3.8) is 0 Å². The van der Waals surface area contributed by atoms with E-state index in [4.69, 9.17) is 9.47 Å². The molecule has 0 amide bonds. The smallest absolute Gasteiger partial charge is 0.335 e.